The molecule has 24 heavy (non-hydrogen) atoms. The highest BCUT2D eigenvalue weighted by Crippen LogP contribution is 2.24. The molecule has 3 aromatic rings. The monoisotopic (exact) mass is 363 g/mol. The zero-order valence-corrected chi connectivity index (χ0v) is 15.3. The minimum Gasteiger partial charge on any atom is -0.454 e. The number of hydrogen-bond acceptors (Lipinski definition) is 7. The first-order chi connectivity index (χ1) is 11.5. The number of ether oxygens (including phenoxy) is 1. The van der Waals surface area contributed by atoms with Gasteiger partial charge in [0, 0.05) is 16.6 Å². The van der Waals surface area contributed by atoms with Crippen LogP contribution in [0.15, 0.2) is 16.9 Å². The van der Waals surface area contributed by atoms with Gasteiger partial charge in [0.2, 0.25) is 4.96 Å². The molecule has 0 saturated heterocycles. The van der Waals surface area contributed by atoms with Crippen molar-refractivity contribution in [2.24, 2.45) is 0 Å². The van der Waals surface area contributed by atoms with Crippen LogP contribution in [0.1, 0.15) is 44.2 Å². The number of fused-ring (bicyclic) bond motifs is 1. The SMILES string of the molecule is CCCc1cc(C(=O)OCc2nn3c(=O)cc(C)nc3s2)sc1C. The van der Waals surface area contributed by atoms with E-state index < -0.39 is 0 Å². The van der Waals surface area contributed by atoms with Crippen LogP contribution in [0.4, 0.5) is 0 Å². The minimum absolute atomic E-state index is 0.0331. The third kappa shape index (κ3) is 3.39. The standard InChI is InChI=1S/C16H17N3O3S2/c1-4-5-11-7-12(23-10(11)3)15(21)22-8-13-18-19-14(20)6-9(2)17-16(19)24-13/h6-7H,4-5,8H2,1-3H3. The van der Waals surface area contributed by atoms with Crippen LogP contribution in [0.25, 0.3) is 4.96 Å². The summed E-state index contributed by atoms with van der Waals surface area (Å²) in [6.07, 6.45) is 2.00. The Morgan fingerprint density at radius 1 is 1.29 bits per heavy atom. The average molecular weight is 363 g/mol. The maximum Gasteiger partial charge on any atom is 0.348 e. The van der Waals surface area contributed by atoms with Crippen molar-refractivity contribution in [3.63, 3.8) is 0 Å². The Labute approximate surface area is 146 Å². The summed E-state index contributed by atoms with van der Waals surface area (Å²) >= 11 is 2.69. The van der Waals surface area contributed by atoms with Gasteiger partial charge < -0.3 is 4.74 Å². The molecular formula is C16H17N3O3S2. The minimum atomic E-state index is -0.360. The van der Waals surface area contributed by atoms with Crippen LogP contribution < -0.4 is 5.56 Å². The molecule has 0 fully saturated rings. The van der Waals surface area contributed by atoms with Gasteiger partial charge in [0.05, 0.1) is 0 Å². The maximum atomic E-state index is 12.2. The predicted molar refractivity (Wildman–Crippen MR) is 94.0 cm³/mol. The first kappa shape index (κ1) is 16.8. The lowest BCUT2D eigenvalue weighted by atomic mass is 10.1. The van der Waals surface area contributed by atoms with E-state index in [1.807, 2.05) is 13.0 Å². The number of aromatic nitrogens is 3. The fraction of sp³-hybridized carbons (Fsp3) is 0.375. The van der Waals surface area contributed by atoms with E-state index in [4.69, 9.17) is 4.74 Å². The fourth-order valence-corrected chi connectivity index (χ4v) is 4.18. The van der Waals surface area contributed by atoms with Crippen molar-refractivity contribution in [2.75, 3.05) is 0 Å². The molecule has 0 spiro atoms. The summed E-state index contributed by atoms with van der Waals surface area (Å²) in [5.74, 6) is -0.360. The molecule has 0 N–H and O–H groups in total. The Balaban J connectivity index is 1.73. The van der Waals surface area contributed by atoms with Crippen molar-refractivity contribution in [3.05, 3.63) is 48.5 Å². The van der Waals surface area contributed by atoms with Crippen LogP contribution in [0.2, 0.25) is 0 Å². The summed E-state index contributed by atoms with van der Waals surface area (Å²) in [5, 5.41) is 4.70. The molecule has 0 unspecified atom stereocenters. The van der Waals surface area contributed by atoms with Gasteiger partial charge in [0.1, 0.15) is 11.5 Å². The molecule has 0 amide bonds. The van der Waals surface area contributed by atoms with Gasteiger partial charge in [0.15, 0.2) is 5.01 Å². The van der Waals surface area contributed by atoms with Crippen LogP contribution in [0, 0.1) is 13.8 Å². The molecule has 126 valence electrons. The van der Waals surface area contributed by atoms with Gasteiger partial charge in [-0.1, -0.05) is 24.7 Å². The lowest BCUT2D eigenvalue weighted by molar-refractivity contribution is 0.0477. The van der Waals surface area contributed by atoms with Gasteiger partial charge in [0.25, 0.3) is 5.56 Å². The van der Waals surface area contributed by atoms with E-state index in [1.165, 1.54) is 38.8 Å². The number of carbonyl (C=O) groups is 1. The Morgan fingerprint density at radius 2 is 2.08 bits per heavy atom. The number of carbonyl (C=O) groups excluding carboxylic acids is 1. The smallest absolute Gasteiger partial charge is 0.348 e. The second kappa shape index (κ2) is 6.82. The van der Waals surface area contributed by atoms with E-state index >= 15 is 0 Å². The molecular weight excluding hydrogens is 346 g/mol. The van der Waals surface area contributed by atoms with Crippen molar-refractivity contribution in [1.29, 1.82) is 0 Å². The Kier molecular flexibility index (Phi) is 4.77. The third-order valence-corrected chi connectivity index (χ3v) is 5.44. The van der Waals surface area contributed by atoms with Gasteiger partial charge in [-0.2, -0.15) is 9.61 Å². The van der Waals surface area contributed by atoms with E-state index in [1.54, 1.807) is 6.92 Å². The molecule has 3 heterocycles. The van der Waals surface area contributed by atoms with Crippen molar-refractivity contribution in [1.82, 2.24) is 14.6 Å². The van der Waals surface area contributed by atoms with E-state index in [2.05, 4.69) is 17.0 Å². The number of hydrogen-bond donors (Lipinski definition) is 0. The first-order valence-corrected chi connectivity index (χ1v) is 9.24. The summed E-state index contributed by atoms with van der Waals surface area (Å²) in [7, 11) is 0. The highest BCUT2D eigenvalue weighted by molar-refractivity contribution is 7.16. The predicted octanol–water partition coefficient (Wildman–Crippen LogP) is 3.14. The lowest BCUT2D eigenvalue weighted by Gasteiger charge is -1.99. The van der Waals surface area contributed by atoms with E-state index in [0.29, 0.717) is 20.5 Å². The highest BCUT2D eigenvalue weighted by atomic mass is 32.1. The maximum absolute atomic E-state index is 12.2. The molecule has 0 aliphatic heterocycles. The molecule has 0 radical (unpaired) electrons. The molecule has 0 saturated carbocycles. The topological polar surface area (TPSA) is 73.6 Å². The van der Waals surface area contributed by atoms with Gasteiger partial charge in [-0.3, -0.25) is 4.79 Å². The zero-order valence-electron chi connectivity index (χ0n) is 13.7. The largest absolute Gasteiger partial charge is 0.454 e. The summed E-state index contributed by atoms with van der Waals surface area (Å²) in [6, 6.07) is 3.33. The van der Waals surface area contributed by atoms with Crippen LogP contribution >= 0.6 is 22.7 Å². The summed E-state index contributed by atoms with van der Waals surface area (Å²) < 4.78 is 6.57. The van der Waals surface area contributed by atoms with E-state index in [-0.39, 0.29) is 18.1 Å². The number of thiophene rings is 1. The lowest BCUT2D eigenvalue weighted by Crippen LogP contribution is -2.14. The number of esters is 1. The molecule has 3 rings (SSSR count). The number of aryl methyl sites for hydroxylation is 3. The molecule has 0 aliphatic carbocycles. The van der Waals surface area contributed by atoms with Crippen molar-refractivity contribution in [3.8, 4) is 0 Å². The quantitative estimate of drug-likeness (QED) is 0.651. The first-order valence-electron chi connectivity index (χ1n) is 7.60. The molecule has 8 heteroatoms. The van der Waals surface area contributed by atoms with Crippen LogP contribution in [0.5, 0.6) is 0 Å². The van der Waals surface area contributed by atoms with Crippen LogP contribution in [-0.2, 0) is 17.8 Å². The molecule has 0 aliphatic rings. The Morgan fingerprint density at radius 3 is 2.83 bits per heavy atom. The van der Waals surface area contributed by atoms with E-state index in [9.17, 15) is 9.59 Å². The number of rotatable bonds is 5. The number of nitrogens with zero attached hydrogens (tertiary/aromatic N) is 3. The Bertz CT molecular complexity index is 955. The van der Waals surface area contributed by atoms with Gasteiger partial charge in [-0.25, -0.2) is 9.78 Å². The van der Waals surface area contributed by atoms with Gasteiger partial charge in [-0.15, -0.1) is 11.3 Å². The molecule has 0 bridgehead atoms. The fourth-order valence-electron chi connectivity index (χ4n) is 2.35. The normalized spacial score (nSPS) is 11.1. The summed E-state index contributed by atoms with van der Waals surface area (Å²) in [6.45, 7) is 5.92. The summed E-state index contributed by atoms with van der Waals surface area (Å²) in [4.78, 5) is 30.5. The van der Waals surface area contributed by atoms with Crippen LogP contribution in [0.3, 0.4) is 0 Å². The zero-order chi connectivity index (χ0) is 17.3. The van der Waals surface area contributed by atoms with E-state index in [0.717, 1.165) is 17.7 Å². The highest BCUT2D eigenvalue weighted by Gasteiger charge is 2.15. The summed E-state index contributed by atoms with van der Waals surface area (Å²) in [5.41, 5.74) is 1.61. The average Bonchev–Trinajstić information content (AvgIpc) is 3.09. The van der Waals surface area contributed by atoms with Crippen LogP contribution in [-0.4, -0.2) is 20.6 Å². The second-order valence-corrected chi connectivity index (χ2v) is 7.74. The molecule has 3 aromatic heterocycles. The third-order valence-electron chi connectivity index (χ3n) is 3.48. The van der Waals surface area contributed by atoms with Crippen molar-refractivity contribution >= 4 is 33.6 Å². The molecule has 0 aromatic carbocycles. The second-order valence-electron chi connectivity index (χ2n) is 5.44. The molecule has 6 nitrogen and oxygen atoms in total. The molecule has 0 atom stereocenters. The van der Waals surface area contributed by atoms with Crippen molar-refractivity contribution < 1.29 is 9.53 Å². The van der Waals surface area contributed by atoms with Gasteiger partial charge in [-0.05, 0) is 31.9 Å². The Hall–Kier alpha value is -2.06. The van der Waals surface area contributed by atoms with Gasteiger partial charge >= 0.3 is 5.97 Å². The van der Waals surface area contributed by atoms with Crippen molar-refractivity contribution in [2.45, 2.75) is 40.2 Å².